The smallest absolute Gasteiger partial charge is 0.103 e. The zero-order chi connectivity index (χ0) is 11.2. The fourth-order valence-electron chi connectivity index (χ4n) is 2.21. The van der Waals surface area contributed by atoms with Crippen LogP contribution in [0.25, 0.3) is 0 Å². The van der Waals surface area contributed by atoms with Crippen LogP contribution in [0.2, 0.25) is 0 Å². The maximum absolute atomic E-state index is 5.33. The van der Waals surface area contributed by atoms with Gasteiger partial charge < -0.3 is 9.73 Å². The molecule has 2 unspecified atom stereocenters. The summed E-state index contributed by atoms with van der Waals surface area (Å²) >= 11 is 0. The van der Waals surface area contributed by atoms with E-state index < -0.39 is 0 Å². The van der Waals surface area contributed by atoms with Crippen molar-refractivity contribution in [3.8, 4) is 0 Å². The van der Waals surface area contributed by atoms with E-state index in [4.69, 9.17) is 4.42 Å². The van der Waals surface area contributed by atoms with Crippen LogP contribution < -0.4 is 5.32 Å². The second-order valence-corrected chi connectivity index (χ2v) is 4.65. The molecule has 88 valence electrons. The lowest BCUT2D eigenvalue weighted by molar-refractivity contribution is 0.421. The molecule has 0 radical (unpaired) electrons. The Morgan fingerprint density at radius 2 is 2.50 bits per heavy atom. The van der Waals surface area contributed by atoms with E-state index in [0.717, 1.165) is 18.6 Å². The van der Waals surface area contributed by atoms with Crippen LogP contribution in [-0.4, -0.2) is 12.1 Å². The molecule has 0 saturated carbocycles. The third-order valence-corrected chi connectivity index (χ3v) is 3.16. The summed E-state index contributed by atoms with van der Waals surface area (Å²) in [5.41, 5.74) is 0. The molecular formula is C14H21NO. The summed E-state index contributed by atoms with van der Waals surface area (Å²) in [5.74, 6) is 1.09. The normalized spacial score (nSPS) is 22.2. The average Bonchev–Trinajstić information content (AvgIpc) is 2.81. The predicted octanol–water partition coefficient (Wildman–Crippen LogP) is 3.30. The monoisotopic (exact) mass is 219 g/mol. The number of nitrogens with one attached hydrogen (secondary N) is 1. The van der Waals surface area contributed by atoms with Gasteiger partial charge in [-0.1, -0.05) is 12.2 Å². The fourth-order valence-corrected chi connectivity index (χ4v) is 2.21. The summed E-state index contributed by atoms with van der Waals surface area (Å²) in [6, 6.07) is 5.14. The van der Waals surface area contributed by atoms with Gasteiger partial charge in [-0.3, -0.25) is 0 Å². The van der Waals surface area contributed by atoms with Gasteiger partial charge in [-0.15, -0.1) is 0 Å². The topological polar surface area (TPSA) is 25.2 Å². The van der Waals surface area contributed by atoms with Gasteiger partial charge in [0, 0.05) is 18.5 Å². The second-order valence-electron chi connectivity index (χ2n) is 4.65. The van der Waals surface area contributed by atoms with Crippen molar-refractivity contribution in [2.45, 2.75) is 51.1 Å². The zero-order valence-corrected chi connectivity index (χ0v) is 9.99. The Morgan fingerprint density at radius 1 is 1.56 bits per heavy atom. The van der Waals surface area contributed by atoms with Crippen LogP contribution in [0.5, 0.6) is 0 Å². The lowest BCUT2D eigenvalue weighted by Crippen LogP contribution is -2.36. The largest absolute Gasteiger partial charge is 0.469 e. The van der Waals surface area contributed by atoms with E-state index in [1.807, 2.05) is 12.1 Å². The fraction of sp³-hybridized carbons (Fsp3) is 0.571. The Hall–Kier alpha value is -1.02. The van der Waals surface area contributed by atoms with Crippen molar-refractivity contribution in [1.29, 1.82) is 0 Å². The lowest BCUT2D eigenvalue weighted by atomic mass is 10.0. The first-order valence-corrected chi connectivity index (χ1v) is 6.29. The maximum atomic E-state index is 5.33. The molecule has 0 aliphatic heterocycles. The number of hydrogen-bond acceptors (Lipinski definition) is 2. The third-order valence-electron chi connectivity index (χ3n) is 3.16. The molecule has 1 aromatic heterocycles. The minimum absolute atomic E-state index is 0.554. The Bertz CT molecular complexity index is 315. The number of furan rings is 1. The van der Waals surface area contributed by atoms with Crippen LogP contribution in [0.3, 0.4) is 0 Å². The van der Waals surface area contributed by atoms with Crippen LogP contribution in [-0.2, 0) is 6.42 Å². The average molecular weight is 219 g/mol. The van der Waals surface area contributed by atoms with E-state index in [9.17, 15) is 0 Å². The Morgan fingerprint density at radius 3 is 3.19 bits per heavy atom. The van der Waals surface area contributed by atoms with Gasteiger partial charge in [-0.05, 0) is 44.7 Å². The summed E-state index contributed by atoms with van der Waals surface area (Å²) in [4.78, 5) is 0. The van der Waals surface area contributed by atoms with Gasteiger partial charge in [0.05, 0.1) is 6.26 Å². The van der Waals surface area contributed by atoms with E-state index in [2.05, 4.69) is 24.4 Å². The molecule has 0 amide bonds. The van der Waals surface area contributed by atoms with Gasteiger partial charge in [0.1, 0.15) is 5.76 Å². The Kier molecular flexibility index (Phi) is 4.23. The summed E-state index contributed by atoms with van der Waals surface area (Å²) < 4.78 is 5.33. The molecule has 1 heterocycles. The molecule has 1 N–H and O–H groups in total. The van der Waals surface area contributed by atoms with Crippen LogP contribution >= 0.6 is 0 Å². The molecule has 2 nitrogen and oxygen atoms in total. The molecule has 1 aliphatic rings. The SMILES string of the molecule is CC(CCc1ccco1)NC1C=CCCC1. The molecule has 1 aliphatic carbocycles. The maximum Gasteiger partial charge on any atom is 0.103 e. The number of rotatable bonds is 5. The van der Waals surface area contributed by atoms with Crippen molar-refractivity contribution < 1.29 is 4.42 Å². The third kappa shape index (κ3) is 3.53. The zero-order valence-electron chi connectivity index (χ0n) is 9.99. The Labute approximate surface area is 97.7 Å². The summed E-state index contributed by atoms with van der Waals surface area (Å²) in [6.07, 6.45) is 12.4. The first-order valence-electron chi connectivity index (χ1n) is 6.29. The number of allylic oxidation sites excluding steroid dienone is 1. The van der Waals surface area contributed by atoms with Crippen molar-refractivity contribution in [1.82, 2.24) is 5.32 Å². The Balaban J connectivity index is 1.69. The van der Waals surface area contributed by atoms with E-state index in [1.54, 1.807) is 6.26 Å². The summed E-state index contributed by atoms with van der Waals surface area (Å²) in [5, 5.41) is 3.65. The van der Waals surface area contributed by atoms with Crippen LogP contribution in [0.4, 0.5) is 0 Å². The summed E-state index contributed by atoms with van der Waals surface area (Å²) in [6.45, 7) is 2.26. The minimum atomic E-state index is 0.554. The molecule has 2 atom stereocenters. The second kappa shape index (κ2) is 5.90. The molecule has 0 fully saturated rings. The van der Waals surface area contributed by atoms with Gasteiger partial charge in [-0.25, -0.2) is 0 Å². The van der Waals surface area contributed by atoms with Crippen molar-refractivity contribution in [3.63, 3.8) is 0 Å². The first kappa shape index (κ1) is 11.5. The quantitative estimate of drug-likeness (QED) is 0.769. The molecule has 0 saturated heterocycles. The highest BCUT2D eigenvalue weighted by atomic mass is 16.3. The predicted molar refractivity (Wildman–Crippen MR) is 66.4 cm³/mol. The first-order chi connectivity index (χ1) is 7.84. The summed E-state index contributed by atoms with van der Waals surface area (Å²) in [7, 11) is 0. The van der Waals surface area contributed by atoms with E-state index >= 15 is 0 Å². The van der Waals surface area contributed by atoms with E-state index in [1.165, 1.54) is 19.3 Å². The van der Waals surface area contributed by atoms with Crippen LogP contribution in [0.15, 0.2) is 35.0 Å². The minimum Gasteiger partial charge on any atom is -0.469 e. The van der Waals surface area contributed by atoms with Crippen molar-refractivity contribution in [3.05, 3.63) is 36.3 Å². The number of aryl methyl sites for hydroxylation is 1. The molecule has 2 rings (SSSR count). The van der Waals surface area contributed by atoms with Gasteiger partial charge in [-0.2, -0.15) is 0 Å². The van der Waals surface area contributed by atoms with Crippen LogP contribution in [0.1, 0.15) is 38.4 Å². The lowest BCUT2D eigenvalue weighted by Gasteiger charge is -2.22. The highest BCUT2D eigenvalue weighted by Crippen LogP contribution is 2.12. The molecule has 0 aromatic carbocycles. The molecule has 0 bridgehead atoms. The van der Waals surface area contributed by atoms with Crippen LogP contribution in [0, 0.1) is 0 Å². The highest BCUT2D eigenvalue weighted by Gasteiger charge is 2.11. The van der Waals surface area contributed by atoms with Crippen molar-refractivity contribution >= 4 is 0 Å². The molecule has 0 spiro atoms. The van der Waals surface area contributed by atoms with Gasteiger partial charge in [0.15, 0.2) is 0 Å². The highest BCUT2D eigenvalue weighted by molar-refractivity contribution is 5.00. The van der Waals surface area contributed by atoms with E-state index in [-0.39, 0.29) is 0 Å². The number of hydrogen-bond donors (Lipinski definition) is 1. The molecule has 16 heavy (non-hydrogen) atoms. The van der Waals surface area contributed by atoms with Gasteiger partial charge >= 0.3 is 0 Å². The molecule has 1 aromatic rings. The van der Waals surface area contributed by atoms with Crippen molar-refractivity contribution in [2.24, 2.45) is 0 Å². The van der Waals surface area contributed by atoms with Gasteiger partial charge in [0.25, 0.3) is 0 Å². The molecule has 2 heteroatoms. The molecular weight excluding hydrogens is 198 g/mol. The van der Waals surface area contributed by atoms with Crippen molar-refractivity contribution in [2.75, 3.05) is 0 Å². The van der Waals surface area contributed by atoms with E-state index in [0.29, 0.717) is 12.1 Å². The van der Waals surface area contributed by atoms with Gasteiger partial charge in [0.2, 0.25) is 0 Å². The standard InChI is InChI=1S/C14H21NO/c1-12(9-10-14-8-5-11-16-14)15-13-6-3-2-4-7-13/h3,5-6,8,11-13,15H,2,4,7,9-10H2,1H3.